The lowest BCUT2D eigenvalue weighted by Gasteiger charge is -2.12. The highest BCUT2D eigenvalue weighted by molar-refractivity contribution is 6.52. The molecule has 22 heavy (non-hydrogen) atoms. The van der Waals surface area contributed by atoms with Crippen LogP contribution in [0, 0.1) is 6.92 Å². The molecule has 3 nitrogen and oxygen atoms in total. The Balaban J connectivity index is 1.98. The molecule has 3 heteroatoms. The van der Waals surface area contributed by atoms with E-state index in [1.54, 1.807) is 18.2 Å². The van der Waals surface area contributed by atoms with Crippen LogP contribution >= 0.6 is 0 Å². The number of fused-ring (bicyclic) bond motifs is 3. The maximum atomic E-state index is 12.3. The molecule has 0 saturated heterocycles. The number of furan rings is 1. The third kappa shape index (κ3) is 1.69. The van der Waals surface area contributed by atoms with Crippen LogP contribution < -0.4 is 0 Å². The molecule has 0 fully saturated rings. The van der Waals surface area contributed by atoms with Gasteiger partial charge in [0.2, 0.25) is 11.6 Å². The first-order chi connectivity index (χ1) is 10.7. The van der Waals surface area contributed by atoms with Crippen LogP contribution in [0.25, 0.3) is 22.6 Å². The van der Waals surface area contributed by atoms with E-state index in [1.165, 1.54) is 0 Å². The van der Waals surface area contributed by atoms with E-state index in [-0.39, 0.29) is 0 Å². The van der Waals surface area contributed by atoms with Gasteiger partial charge in [0, 0.05) is 16.7 Å². The zero-order chi connectivity index (χ0) is 15.3. The molecule has 1 aliphatic rings. The van der Waals surface area contributed by atoms with Gasteiger partial charge in [-0.25, -0.2) is 0 Å². The lowest BCUT2D eigenvalue weighted by molar-refractivity contribution is 0.0814. The van der Waals surface area contributed by atoms with Gasteiger partial charge in [-0.1, -0.05) is 48.5 Å². The third-order valence-corrected chi connectivity index (χ3v) is 4.01. The Bertz CT molecular complexity index is 931. The Morgan fingerprint density at radius 1 is 0.727 bits per heavy atom. The number of benzene rings is 2. The Hall–Kier alpha value is -2.94. The summed E-state index contributed by atoms with van der Waals surface area (Å²) in [6, 6.07) is 16.5. The van der Waals surface area contributed by atoms with Crippen molar-refractivity contribution in [3.8, 4) is 22.6 Å². The number of rotatable bonds is 1. The monoisotopic (exact) mass is 288 g/mol. The number of carbonyl (C=O) groups is 2. The van der Waals surface area contributed by atoms with Gasteiger partial charge in [0.1, 0.15) is 11.5 Å². The Kier molecular flexibility index (Phi) is 2.63. The predicted octanol–water partition coefficient (Wildman–Crippen LogP) is 4.30. The molecule has 0 unspecified atom stereocenters. The second-order valence-electron chi connectivity index (χ2n) is 5.37. The van der Waals surface area contributed by atoms with Gasteiger partial charge < -0.3 is 4.42 Å². The van der Waals surface area contributed by atoms with Crippen LogP contribution in [-0.2, 0) is 0 Å². The molecule has 0 amide bonds. The molecular weight excluding hydrogens is 276 g/mol. The molecule has 2 aromatic carbocycles. The van der Waals surface area contributed by atoms with Crippen molar-refractivity contribution < 1.29 is 14.0 Å². The number of aryl methyl sites for hydroxylation is 1. The van der Waals surface area contributed by atoms with Crippen LogP contribution in [0.2, 0.25) is 0 Å². The molecule has 0 saturated carbocycles. The summed E-state index contributed by atoms with van der Waals surface area (Å²) in [4.78, 5) is 24.5. The first-order valence-electron chi connectivity index (χ1n) is 7.05. The molecule has 1 aromatic heterocycles. The number of hydrogen-bond donors (Lipinski definition) is 0. The molecule has 0 radical (unpaired) electrons. The zero-order valence-corrected chi connectivity index (χ0v) is 11.9. The van der Waals surface area contributed by atoms with Gasteiger partial charge in [0.25, 0.3) is 0 Å². The van der Waals surface area contributed by atoms with Crippen molar-refractivity contribution in [3.63, 3.8) is 0 Å². The second kappa shape index (κ2) is 4.53. The SMILES string of the molecule is Cc1ccccc1-c1cc2c(o1)-c1ccccc1C(=O)C2=O. The first kappa shape index (κ1) is 12.8. The van der Waals surface area contributed by atoms with E-state index in [2.05, 4.69) is 0 Å². The third-order valence-electron chi connectivity index (χ3n) is 4.01. The number of ketones is 2. The highest BCUT2D eigenvalue weighted by Gasteiger charge is 2.33. The van der Waals surface area contributed by atoms with Crippen molar-refractivity contribution in [2.45, 2.75) is 6.92 Å². The summed E-state index contributed by atoms with van der Waals surface area (Å²) in [5.74, 6) is 0.122. The lowest BCUT2D eigenvalue weighted by atomic mass is 9.89. The van der Waals surface area contributed by atoms with Crippen LogP contribution in [0.15, 0.2) is 59.0 Å². The first-order valence-corrected chi connectivity index (χ1v) is 7.05. The van der Waals surface area contributed by atoms with Gasteiger partial charge in [-0.3, -0.25) is 9.59 Å². The van der Waals surface area contributed by atoms with Crippen molar-refractivity contribution in [1.29, 1.82) is 0 Å². The topological polar surface area (TPSA) is 47.3 Å². The van der Waals surface area contributed by atoms with Crippen LogP contribution in [0.3, 0.4) is 0 Å². The molecule has 4 rings (SSSR count). The molecule has 3 aromatic rings. The minimum Gasteiger partial charge on any atom is -0.455 e. The van der Waals surface area contributed by atoms with Crippen LogP contribution in [0.1, 0.15) is 26.3 Å². The second-order valence-corrected chi connectivity index (χ2v) is 5.37. The summed E-state index contributed by atoms with van der Waals surface area (Å²) in [7, 11) is 0. The molecular formula is C19H12O3. The minimum absolute atomic E-state index is 0.349. The fourth-order valence-corrected chi connectivity index (χ4v) is 2.87. The maximum Gasteiger partial charge on any atom is 0.237 e. The average Bonchev–Trinajstić information content (AvgIpc) is 2.98. The van der Waals surface area contributed by atoms with E-state index < -0.39 is 11.6 Å². The van der Waals surface area contributed by atoms with E-state index in [0.717, 1.165) is 11.1 Å². The summed E-state index contributed by atoms with van der Waals surface area (Å²) in [6.45, 7) is 1.98. The standard InChI is InChI=1S/C19H12O3/c1-11-6-2-3-7-12(11)16-10-15-18(21)17(20)13-8-4-5-9-14(13)19(15)22-16/h2-10H,1H3. The summed E-state index contributed by atoms with van der Waals surface area (Å²) in [5.41, 5.74) is 3.42. The number of carbonyl (C=O) groups excluding carboxylic acids is 2. The highest BCUT2D eigenvalue weighted by Crippen LogP contribution is 2.39. The number of hydrogen-bond acceptors (Lipinski definition) is 3. The van der Waals surface area contributed by atoms with E-state index in [4.69, 9.17) is 4.42 Å². The lowest BCUT2D eigenvalue weighted by Crippen LogP contribution is -2.19. The summed E-state index contributed by atoms with van der Waals surface area (Å²) >= 11 is 0. The van der Waals surface area contributed by atoms with Crippen molar-refractivity contribution in [3.05, 3.63) is 71.3 Å². The Labute approximate surface area is 127 Å². The van der Waals surface area contributed by atoms with Crippen LogP contribution in [-0.4, -0.2) is 11.6 Å². The fraction of sp³-hybridized carbons (Fsp3) is 0.0526. The smallest absolute Gasteiger partial charge is 0.237 e. The summed E-state index contributed by atoms with van der Waals surface area (Å²) in [5, 5.41) is 0. The minimum atomic E-state index is -0.503. The highest BCUT2D eigenvalue weighted by atomic mass is 16.3. The molecule has 1 heterocycles. The molecule has 1 aliphatic carbocycles. The fourth-order valence-electron chi connectivity index (χ4n) is 2.87. The normalized spacial score (nSPS) is 13.0. The van der Waals surface area contributed by atoms with Crippen molar-refractivity contribution >= 4 is 11.6 Å². The van der Waals surface area contributed by atoms with Gasteiger partial charge in [0.15, 0.2) is 0 Å². The van der Waals surface area contributed by atoms with Crippen LogP contribution in [0.4, 0.5) is 0 Å². The van der Waals surface area contributed by atoms with Crippen molar-refractivity contribution in [1.82, 2.24) is 0 Å². The van der Waals surface area contributed by atoms with Crippen molar-refractivity contribution in [2.24, 2.45) is 0 Å². The number of Topliss-reactive ketones (excluding diaryl/α,β-unsaturated/α-hetero) is 2. The Morgan fingerprint density at radius 2 is 1.32 bits per heavy atom. The molecule has 0 bridgehead atoms. The van der Waals surface area contributed by atoms with Gasteiger partial charge in [0.05, 0.1) is 5.56 Å². The van der Waals surface area contributed by atoms with Crippen LogP contribution in [0.5, 0.6) is 0 Å². The van der Waals surface area contributed by atoms with Gasteiger partial charge in [-0.05, 0) is 18.6 Å². The Morgan fingerprint density at radius 3 is 2.05 bits per heavy atom. The van der Waals surface area contributed by atoms with E-state index in [0.29, 0.717) is 28.2 Å². The van der Waals surface area contributed by atoms with E-state index in [9.17, 15) is 9.59 Å². The zero-order valence-electron chi connectivity index (χ0n) is 11.9. The average molecular weight is 288 g/mol. The van der Waals surface area contributed by atoms with Gasteiger partial charge >= 0.3 is 0 Å². The molecule has 0 spiro atoms. The summed E-state index contributed by atoms with van der Waals surface area (Å²) in [6.07, 6.45) is 0. The quantitative estimate of drug-likeness (QED) is 0.627. The summed E-state index contributed by atoms with van der Waals surface area (Å²) < 4.78 is 5.95. The predicted molar refractivity (Wildman–Crippen MR) is 83.0 cm³/mol. The van der Waals surface area contributed by atoms with Gasteiger partial charge in [-0.15, -0.1) is 0 Å². The van der Waals surface area contributed by atoms with E-state index in [1.807, 2.05) is 43.3 Å². The largest absolute Gasteiger partial charge is 0.455 e. The van der Waals surface area contributed by atoms with Crippen molar-refractivity contribution in [2.75, 3.05) is 0 Å². The molecule has 0 N–H and O–H groups in total. The molecule has 106 valence electrons. The maximum absolute atomic E-state index is 12.3. The van der Waals surface area contributed by atoms with E-state index >= 15 is 0 Å². The molecule has 0 atom stereocenters. The molecule has 0 aliphatic heterocycles. The van der Waals surface area contributed by atoms with Gasteiger partial charge in [-0.2, -0.15) is 0 Å².